The van der Waals surface area contributed by atoms with Gasteiger partial charge in [-0.3, -0.25) is 4.79 Å². The lowest BCUT2D eigenvalue weighted by molar-refractivity contribution is -0.138. The van der Waals surface area contributed by atoms with E-state index in [1.165, 1.54) is 6.92 Å². The molecule has 2 amide bonds. The second-order valence-corrected chi connectivity index (χ2v) is 4.81. The van der Waals surface area contributed by atoms with Crippen LogP contribution in [0.3, 0.4) is 0 Å². The van der Waals surface area contributed by atoms with E-state index in [0.717, 1.165) is 19.5 Å². The molecule has 17 heavy (non-hydrogen) atoms. The second kappa shape index (κ2) is 5.86. The van der Waals surface area contributed by atoms with E-state index in [4.69, 9.17) is 5.11 Å². The molecule has 0 saturated carbocycles. The maximum absolute atomic E-state index is 11.6. The Hall–Kier alpha value is -1.30. The van der Waals surface area contributed by atoms with Gasteiger partial charge in [-0.2, -0.15) is 0 Å². The van der Waals surface area contributed by atoms with Gasteiger partial charge in [-0.1, -0.05) is 6.92 Å². The second-order valence-electron chi connectivity index (χ2n) is 4.81. The lowest BCUT2D eigenvalue weighted by Crippen LogP contribution is -2.53. The van der Waals surface area contributed by atoms with E-state index in [0.29, 0.717) is 5.92 Å². The molecule has 1 aliphatic heterocycles. The number of carboxylic acids is 1. The molecule has 1 aliphatic rings. The fraction of sp³-hybridized carbons (Fsp3) is 0.818. The zero-order valence-electron chi connectivity index (χ0n) is 10.6. The number of nitrogens with zero attached hydrogens (tertiary/aromatic N) is 1. The summed E-state index contributed by atoms with van der Waals surface area (Å²) in [6.45, 7) is 5.42. The molecule has 98 valence electrons. The van der Waals surface area contributed by atoms with Gasteiger partial charge in [0.2, 0.25) is 0 Å². The Bertz CT molecular complexity index is 296. The number of urea groups is 1. The molecule has 1 heterocycles. The first kappa shape index (κ1) is 13.8. The molecule has 0 aliphatic carbocycles. The van der Waals surface area contributed by atoms with Crippen LogP contribution in [0.4, 0.5) is 4.79 Å². The monoisotopic (exact) mass is 243 g/mol. The van der Waals surface area contributed by atoms with Crippen LogP contribution in [0.1, 0.15) is 20.3 Å². The molecule has 0 spiro atoms. The lowest BCUT2D eigenvalue weighted by atomic mass is 9.94. The van der Waals surface area contributed by atoms with Crippen molar-refractivity contribution in [1.29, 1.82) is 0 Å². The molecule has 0 aromatic heterocycles. The molecule has 0 aromatic rings. The van der Waals surface area contributed by atoms with Crippen LogP contribution < -0.4 is 10.6 Å². The largest absolute Gasteiger partial charge is 0.480 e. The number of hydrogen-bond acceptors (Lipinski definition) is 3. The van der Waals surface area contributed by atoms with Crippen molar-refractivity contribution in [2.24, 2.45) is 5.92 Å². The van der Waals surface area contributed by atoms with Gasteiger partial charge in [-0.25, -0.2) is 4.79 Å². The predicted molar refractivity (Wildman–Crippen MR) is 63.8 cm³/mol. The molecule has 0 aromatic carbocycles. The first-order valence-corrected chi connectivity index (χ1v) is 5.88. The fourth-order valence-corrected chi connectivity index (χ4v) is 2.04. The summed E-state index contributed by atoms with van der Waals surface area (Å²) in [6.07, 6.45) is 0.895. The number of amides is 2. The number of carbonyl (C=O) groups is 2. The molecule has 6 heteroatoms. The van der Waals surface area contributed by atoms with Gasteiger partial charge in [0.25, 0.3) is 0 Å². The molecular weight excluding hydrogens is 222 g/mol. The summed E-state index contributed by atoms with van der Waals surface area (Å²) in [7, 11) is 2.05. The highest BCUT2D eigenvalue weighted by atomic mass is 16.4. The molecular formula is C11H21N3O3. The van der Waals surface area contributed by atoms with Gasteiger partial charge < -0.3 is 20.6 Å². The van der Waals surface area contributed by atoms with E-state index in [9.17, 15) is 9.59 Å². The van der Waals surface area contributed by atoms with E-state index >= 15 is 0 Å². The van der Waals surface area contributed by atoms with Gasteiger partial charge in [0, 0.05) is 12.6 Å². The lowest BCUT2D eigenvalue weighted by Gasteiger charge is -2.35. The third-order valence-corrected chi connectivity index (χ3v) is 3.14. The van der Waals surface area contributed by atoms with Crippen LogP contribution in [0.5, 0.6) is 0 Å². The number of likely N-dealkylation sites (tertiary alicyclic amines) is 1. The number of carboxylic acid groups (broad SMARTS) is 1. The van der Waals surface area contributed by atoms with E-state index in [1.807, 2.05) is 0 Å². The normalized spacial score (nSPS) is 27.2. The van der Waals surface area contributed by atoms with Crippen LogP contribution in [0.25, 0.3) is 0 Å². The van der Waals surface area contributed by atoms with Gasteiger partial charge in [-0.15, -0.1) is 0 Å². The number of rotatable bonds is 3. The van der Waals surface area contributed by atoms with Crippen LogP contribution in [-0.4, -0.2) is 54.2 Å². The Kier molecular flexibility index (Phi) is 4.74. The summed E-state index contributed by atoms with van der Waals surface area (Å²) >= 11 is 0. The highest BCUT2D eigenvalue weighted by molar-refractivity contribution is 5.82. The number of aliphatic carboxylic acids is 1. The topological polar surface area (TPSA) is 81.7 Å². The SMILES string of the molecule is CC1CN(C)CCC1NC(=O)N[C@H](C)C(=O)O. The molecule has 1 saturated heterocycles. The maximum Gasteiger partial charge on any atom is 0.325 e. The summed E-state index contributed by atoms with van der Waals surface area (Å²) in [6, 6.07) is -1.15. The molecule has 1 rings (SSSR count). The Balaban J connectivity index is 2.38. The minimum Gasteiger partial charge on any atom is -0.480 e. The van der Waals surface area contributed by atoms with Crippen LogP contribution in [0.15, 0.2) is 0 Å². The zero-order chi connectivity index (χ0) is 13.0. The maximum atomic E-state index is 11.6. The van der Waals surface area contributed by atoms with Crippen molar-refractivity contribution in [3.63, 3.8) is 0 Å². The molecule has 0 radical (unpaired) electrons. The van der Waals surface area contributed by atoms with Gasteiger partial charge in [0.15, 0.2) is 0 Å². The quantitative estimate of drug-likeness (QED) is 0.656. The number of carbonyl (C=O) groups excluding carboxylic acids is 1. The Morgan fingerprint density at radius 2 is 2.12 bits per heavy atom. The van der Waals surface area contributed by atoms with Crippen LogP contribution >= 0.6 is 0 Å². The first-order valence-electron chi connectivity index (χ1n) is 5.88. The van der Waals surface area contributed by atoms with Gasteiger partial charge in [0.1, 0.15) is 6.04 Å². The highest BCUT2D eigenvalue weighted by Crippen LogP contribution is 2.14. The van der Waals surface area contributed by atoms with E-state index in [2.05, 4.69) is 29.5 Å². The molecule has 2 unspecified atom stereocenters. The average Bonchev–Trinajstić information content (AvgIpc) is 2.22. The van der Waals surface area contributed by atoms with Gasteiger partial charge in [-0.05, 0) is 32.9 Å². The van der Waals surface area contributed by atoms with Crippen LogP contribution in [0, 0.1) is 5.92 Å². The highest BCUT2D eigenvalue weighted by Gasteiger charge is 2.26. The van der Waals surface area contributed by atoms with E-state index in [1.54, 1.807) is 0 Å². The predicted octanol–water partition coefficient (Wildman–Crippen LogP) is 0.0989. The number of piperidine rings is 1. The average molecular weight is 243 g/mol. The molecule has 3 atom stereocenters. The minimum absolute atomic E-state index is 0.118. The van der Waals surface area contributed by atoms with E-state index in [-0.39, 0.29) is 6.04 Å². The Morgan fingerprint density at radius 1 is 1.47 bits per heavy atom. The first-order chi connectivity index (χ1) is 7.90. The summed E-state index contributed by atoms with van der Waals surface area (Å²) in [5.41, 5.74) is 0. The standard InChI is InChI=1S/C11H21N3O3/c1-7-6-14(3)5-4-9(7)13-11(17)12-8(2)10(15)16/h7-9H,4-6H2,1-3H3,(H,15,16)(H2,12,13,17)/t7?,8-,9?/m1/s1. The van der Waals surface area contributed by atoms with Crippen molar-refractivity contribution < 1.29 is 14.7 Å². The molecule has 1 fully saturated rings. The zero-order valence-corrected chi connectivity index (χ0v) is 10.6. The third-order valence-electron chi connectivity index (χ3n) is 3.14. The van der Waals surface area contributed by atoms with Gasteiger partial charge >= 0.3 is 12.0 Å². The molecule has 0 bridgehead atoms. The Morgan fingerprint density at radius 3 is 2.65 bits per heavy atom. The van der Waals surface area contributed by atoms with Crippen molar-refractivity contribution in [3.8, 4) is 0 Å². The van der Waals surface area contributed by atoms with Gasteiger partial charge in [0.05, 0.1) is 0 Å². The summed E-state index contributed by atoms with van der Waals surface area (Å²) < 4.78 is 0. The van der Waals surface area contributed by atoms with Crippen molar-refractivity contribution >= 4 is 12.0 Å². The molecule has 3 N–H and O–H groups in total. The fourth-order valence-electron chi connectivity index (χ4n) is 2.04. The van der Waals surface area contributed by atoms with Crippen molar-refractivity contribution in [1.82, 2.24) is 15.5 Å². The van der Waals surface area contributed by atoms with Crippen LogP contribution in [-0.2, 0) is 4.79 Å². The summed E-state index contributed by atoms with van der Waals surface area (Å²) in [4.78, 5) is 24.4. The van der Waals surface area contributed by atoms with Crippen molar-refractivity contribution in [2.75, 3.05) is 20.1 Å². The third kappa shape index (κ3) is 4.22. The minimum atomic E-state index is -1.03. The summed E-state index contributed by atoms with van der Waals surface area (Å²) in [5.74, 6) is -0.656. The number of nitrogens with one attached hydrogen (secondary N) is 2. The number of hydrogen-bond donors (Lipinski definition) is 3. The smallest absolute Gasteiger partial charge is 0.325 e. The molecule has 6 nitrogen and oxygen atoms in total. The van der Waals surface area contributed by atoms with Crippen LogP contribution in [0.2, 0.25) is 0 Å². The summed E-state index contributed by atoms with van der Waals surface area (Å²) in [5, 5.41) is 13.9. The van der Waals surface area contributed by atoms with Crippen molar-refractivity contribution in [2.45, 2.75) is 32.4 Å². The van der Waals surface area contributed by atoms with Crippen molar-refractivity contribution in [3.05, 3.63) is 0 Å². The van der Waals surface area contributed by atoms with E-state index < -0.39 is 18.0 Å². The Labute approximate surface area is 101 Å².